The van der Waals surface area contributed by atoms with E-state index < -0.39 is 0 Å². The molecule has 0 aromatic rings. The zero-order valence-corrected chi connectivity index (χ0v) is 10.3. The lowest BCUT2D eigenvalue weighted by Crippen LogP contribution is -2.55. The molecule has 1 spiro atoms. The molecule has 2 fully saturated rings. The topological polar surface area (TPSA) is 27.7 Å². The smallest absolute Gasteiger partial charge is 0.0857 e. The van der Waals surface area contributed by atoms with Crippen molar-refractivity contribution in [2.24, 2.45) is 5.41 Å². The molecule has 0 N–H and O–H groups in total. The van der Waals surface area contributed by atoms with Gasteiger partial charge in [0.25, 0.3) is 0 Å². The lowest BCUT2D eigenvalue weighted by atomic mass is 9.65. The summed E-state index contributed by atoms with van der Waals surface area (Å²) in [5.41, 5.74) is 0.517. The van der Waals surface area contributed by atoms with Gasteiger partial charge in [-0.15, -0.1) is 0 Å². The molecule has 1 saturated carbocycles. The van der Waals surface area contributed by atoms with Crippen LogP contribution in [0, 0.1) is 5.41 Å². The van der Waals surface area contributed by atoms with E-state index in [9.17, 15) is 0 Å². The fraction of sp³-hybridized carbons (Fsp3) is 1.00. The van der Waals surface area contributed by atoms with Gasteiger partial charge in [-0.05, 0) is 12.8 Å². The van der Waals surface area contributed by atoms with Crippen LogP contribution in [0.15, 0.2) is 0 Å². The molecule has 0 amide bonds. The van der Waals surface area contributed by atoms with Gasteiger partial charge in [-0.2, -0.15) is 0 Å². The number of rotatable bonds is 5. The van der Waals surface area contributed by atoms with Crippen LogP contribution in [-0.4, -0.2) is 32.5 Å². The first-order valence-corrected chi connectivity index (χ1v) is 7.73. The fourth-order valence-electron chi connectivity index (χ4n) is 1.93. The SMILES string of the molecule is ISOCCOC1CC2(COC2)C1. The Balaban J connectivity index is 1.49. The van der Waals surface area contributed by atoms with Crippen LogP contribution in [0.2, 0.25) is 0 Å². The summed E-state index contributed by atoms with van der Waals surface area (Å²) < 4.78 is 15.9. The van der Waals surface area contributed by atoms with E-state index in [0.717, 1.165) is 19.8 Å². The van der Waals surface area contributed by atoms with E-state index in [1.807, 2.05) is 0 Å². The molecule has 0 aromatic heterocycles. The molecule has 0 atom stereocenters. The van der Waals surface area contributed by atoms with E-state index in [4.69, 9.17) is 13.7 Å². The lowest BCUT2D eigenvalue weighted by molar-refractivity contribution is -0.210. The maximum absolute atomic E-state index is 5.61. The third-order valence-corrected chi connectivity index (χ3v) is 3.72. The Kier molecular flexibility index (Phi) is 3.75. The van der Waals surface area contributed by atoms with Crippen molar-refractivity contribution in [2.45, 2.75) is 18.9 Å². The van der Waals surface area contributed by atoms with Crippen molar-refractivity contribution in [1.29, 1.82) is 0 Å². The van der Waals surface area contributed by atoms with E-state index in [-0.39, 0.29) is 0 Å². The summed E-state index contributed by atoms with van der Waals surface area (Å²) in [5, 5.41) is 0. The van der Waals surface area contributed by atoms with Crippen LogP contribution in [0.25, 0.3) is 0 Å². The molecular formula is C8H13IO3S. The highest BCUT2D eigenvalue weighted by Crippen LogP contribution is 2.48. The van der Waals surface area contributed by atoms with Gasteiger partial charge in [0.15, 0.2) is 0 Å². The second-order valence-electron chi connectivity index (χ2n) is 3.78. The molecule has 2 aliphatic rings. The Morgan fingerprint density at radius 2 is 2.15 bits per heavy atom. The third kappa shape index (κ3) is 2.50. The maximum Gasteiger partial charge on any atom is 0.0857 e. The highest BCUT2D eigenvalue weighted by molar-refractivity contribution is 14.2. The maximum atomic E-state index is 5.61. The van der Waals surface area contributed by atoms with Crippen molar-refractivity contribution in [3.8, 4) is 0 Å². The number of ether oxygens (including phenoxy) is 2. The van der Waals surface area contributed by atoms with Crippen LogP contribution in [0.3, 0.4) is 0 Å². The zero-order chi connectivity index (χ0) is 9.15. The van der Waals surface area contributed by atoms with E-state index in [1.54, 1.807) is 0 Å². The minimum atomic E-state index is 0.465. The first-order chi connectivity index (χ1) is 6.35. The molecule has 1 heterocycles. The zero-order valence-electron chi connectivity index (χ0n) is 7.33. The molecule has 3 nitrogen and oxygen atoms in total. The van der Waals surface area contributed by atoms with Crippen molar-refractivity contribution in [3.05, 3.63) is 0 Å². The van der Waals surface area contributed by atoms with E-state index in [1.165, 1.54) is 22.1 Å². The number of halogens is 1. The van der Waals surface area contributed by atoms with Crippen molar-refractivity contribution >= 4 is 30.4 Å². The van der Waals surface area contributed by atoms with Gasteiger partial charge in [0.05, 0.1) is 41.7 Å². The van der Waals surface area contributed by atoms with Crippen molar-refractivity contribution in [2.75, 3.05) is 26.4 Å². The molecule has 1 aliphatic carbocycles. The van der Waals surface area contributed by atoms with Crippen LogP contribution in [0.1, 0.15) is 12.8 Å². The molecule has 76 valence electrons. The van der Waals surface area contributed by atoms with Gasteiger partial charge in [-0.3, -0.25) is 0 Å². The monoisotopic (exact) mass is 316 g/mol. The predicted molar refractivity (Wildman–Crippen MR) is 59.8 cm³/mol. The second-order valence-corrected chi connectivity index (χ2v) is 5.22. The first-order valence-electron chi connectivity index (χ1n) is 4.44. The quantitative estimate of drug-likeness (QED) is 0.441. The van der Waals surface area contributed by atoms with E-state index in [2.05, 4.69) is 21.2 Å². The molecule has 0 radical (unpaired) electrons. The van der Waals surface area contributed by atoms with Gasteiger partial charge in [0.1, 0.15) is 0 Å². The molecule has 2 rings (SSSR count). The average molecular weight is 316 g/mol. The van der Waals surface area contributed by atoms with Crippen LogP contribution in [0.4, 0.5) is 0 Å². The van der Waals surface area contributed by atoms with Crippen molar-refractivity contribution in [1.82, 2.24) is 0 Å². The number of hydrogen-bond donors (Lipinski definition) is 0. The van der Waals surface area contributed by atoms with Gasteiger partial charge < -0.3 is 13.7 Å². The van der Waals surface area contributed by atoms with Gasteiger partial charge in [-0.25, -0.2) is 0 Å². The molecule has 5 heteroatoms. The molecule has 0 bridgehead atoms. The second kappa shape index (κ2) is 4.65. The first kappa shape index (κ1) is 10.5. The van der Waals surface area contributed by atoms with E-state index >= 15 is 0 Å². The highest BCUT2D eigenvalue weighted by atomic mass is 127. The highest BCUT2D eigenvalue weighted by Gasteiger charge is 2.50. The summed E-state index contributed by atoms with van der Waals surface area (Å²) in [7, 11) is 1.36. The standard InChI is InChI=1S/C8H13IO3S/c9-13-12-2-1-11-7-3-8(4-7)5-10-6-8/h7H,1-6H2. The largest absolute Gasteiger partial charge is 0.380 e. The molecule has 0 unspecified atom stereocenters. The predicted octanol–water partition coefficient (Wildman–Crippen LogP) is 2.20. The Hall–Kier alpha value is 0.960. The number of hydrogen-bond acceptors (Lipinski definition) is 4. The van der Waals surface area contributed by atoms with Crippen molar-refractivity contribution in [3.63, 3.8) is 0 Å². The Bertz CT molecular complexity index is 167. The summed E-state index contributed by atoms with van der Waals surface area (Å²) in [5.74, 6) is 0. The third-order valence-electron chi connectivity index (χ3n) is 2.70. The summed E-state index contributed by atoms with van der Waals surface area (Å²) in [6, 6.07) is 0. The Morgan fingerprint density at radius 3 is 2.69 bits per heavy atom. The van der Waals surface area contributed by atoms with E-state index in [0.29, 0.717) is 18.1 Å². The summed E-state index contributed by atoms with van der Waals surface area (Å²) in [4.78, 5) is 0. The van der Waals surface area contributed by atoms with Gasteiger partial charge in [0, 0.05) is 26.6 Å². The van der Waals surface area contributed by atoms with Crippen LogP contribution in [-0.2, 0) is 13.7 Å². The molecule has 0 aromatic carbocycles. The molecule has 1 saturated heterocycles. The molecular weight excluding hydrogens is 303 g/mol. The minimum absolute atomic E-state index is 0.465. The minimum Gasteiger partial charge on any atom is -0.380 e. The van der Waals surface area contributed by atoms with Gasteiger partial charge in [0.2, 0.25) is 0 Å². The summed E-state index contributed by atoms with van der Waals surface area (Å²) in [6.07, 6.45) is 2.83. The summed E-state index contributed by atoms with van der Waals surface area (Å²) in [6.45, 7) is 3.31. The lowest BCUT2D eigenvalue weighted by Gasteiger charge is -2.52. The fourth-order valence-corrected chi connectivity index (χ4v) is 2.60. The van der Waals surface area contributed by atoms with Crippen LogP contribution in [0.5, 0.6) is 0 Å². The van der Waals surface area contributed by atoms with Crippen LogP contribution < -0.4 is 0 Å². The van der Waals surface area contributed by atoms with Gasteiger partial charge >= 0.3 is 0 Å². The Labute approximate surface area is 94.7 Å². The Morgan fingerprint density at radius 1 is 1.38 bits per heavy atom. The van der Waals surface area contributed by atoms with Crippen molar-refractivity contribution < 1.29 is 13.7 Å². The average Bonchev–Trinajstić information content (AvgIpc) is 1.97. The molecule has 1 aliphatic heterocycles. The van der Waals surface area contributed by atoms with Crippen LogP contribution >= 0.6 is 30.4 Å². The normalized spacial score (nSPS) is 25.6. The van der Waals surface area contributed by atoms with Gasteiger partial charge in [-0.1, -0.05) is 0 Å². The molecule has 13 heavy (non-hydrogen) atoms. The summed E-state index contributed by atoms with van der Waals surface area (Å²) >= 11 is 2.11.